The topological polar surface area (TPSA) is 26.3 Å². The summed E-state index contributed by atoms with van der Waals surface area (Å²) in [5.74, 6) is -0.121. The first kappa shape index (κ1) is 12.7. The maximum absolute atomic E-state index is 12.0. The molecule has 0 amide bonds. The Labute approximate surface area is 111 Å². The van der Waals surface area contributed by atoms with Crippen LogP contribution in [0.1, 0.15) is 18.4 Å². The van der Waals surface area contributed by atoms with Crippen LogP contribution in [0, 0.1) is 0 Å². The average molecular weight is 261 g/mol. The summed E-state index contributed by atoms with van der Waals surface area (Å²) in [6.45, 7) is 1.82. The van der Waals surface area contributed by atoms with Gasteiger partial charge in [-0.25, -0.2) is 0 Å². The van der Waals surface area contributed by atoms with E-state index in [0.717, 1.165) is 5.56 Å². The summed E-state index contributed by atoms with van der Waals surface area (Å²) in [6.07, 6.45) is 0. The van der Waals surface area contributed by atoms with Crippen LogP contribution in [0.15, 0.2) is 54.6 Å². The van der Waals surface area contributed by atoms with Gasteiger partial charge in [0.25, 0.3) is 0 Å². The van der Waals surface area contributed by atoms with Gasteiger partial charge in [-0.1, -0.05) is 48.0 Å². The number of ether oxygens (including phenoxy) is 1. The molecule has 0 heterocycles. The van der Waals surface area contributed by atoms with Gasteiger partial charge in [0.1, 0.15) is 5.75 Å². The van der Waals surface area contributed by atoms with Crippen LogP contribution in [-0.2, 0) is 4.79 Å². The van der Waals surface area contributed by atoms with Crippen molar-refractivity contribution in [2.45, 2.75) is 12.8 Å². The Morgan fingerprint density at radius 2 is 1.83 bits per heavy atom. The lowest BCUT2D eigenvalue weighted by Crippen LogP contribution is -2.16. The zero-order valence-corrected chi connectivity index (χ0v) is 10.7. The molecule has 0 fully saturated rings. The molecule has 1 unspecified atom stereocenters. The molecule has 2 nitrogen and oxygen atoms in total. The summed E-state index contributed by atoms with van der Waals surface area (Å²) in [4.78, 5) is 12.0. The van der Waals surface area contributed by atoms with Crippen LogP contribution < -0.4 is 4.74 Å². The number of esters is 1. The molecule has 92 valence electrons. The van der Waals surface area contributed by atoms with Gasteiger partial charge < -0.3 is 4.74 Å². The molecule has 0 aliphatic rings. The Morgan fingerprint density at radius 1 is 1.11 bits per heavy atom. The van der Waals surface area contributed by atoms with Crippen molar-refractivity contribution in [3.63, 3.8) is 0 Å². The lowest BCUT2D eigenvalue weighted by Gasteiger charge is -2.11. The lowest BCUT2D eigenvalue weighted by molar-refractivity contribution is -0.135. The second kappa shape index (κ2) is 5.69. The van der Waals surface area contributed by atoms with E-state index < -0.39 is 0 Å². The SMILES string of the molecule is CC(C(=O)Oc1cccc(Cl)c1)c1ccccc1. The average Bonchev–Trinajstić information content (AvgIpc) is 2.39. The highest BCUT2D eigenvalue weighted by atomic mass is 35.5. The maximum atomic E-state index is 12.0. The van der Waals surface area contributed by atoms with E-state index in [9.17, 15) is 4.79 Å². The minimum absolute atomic E-state index is 0.288. The van der Waals surface area contributed by atoms with Crippen molar-refractivity contribution in [2.24, 2.45) is 0 Å². The maximum Gasteiger partial charge on any atom is 0.318 e. The summed E-state index contributed by atoms with van der Waals surface area (Å²) in [6, 6.07) is 16.3. The van der Waals surface area contributed by atoms with Crippen LogP contribution in [0.4, 0.5) is 0 Å². The van der Waals surface area contributed by atoms with Crippen LogP contribution in [-0.4, -0.2) is 5.97 Å². The second-order valence-corrected chi connectivity index (χ2v) is 4.45. The predicted octanol–water partition coefficient (Wildman–Crippen LogP) is 4.05. The Balaban J connectivity index is 2.09. The number of carbonyl (C=O) groups excluding carboxylic acids is 1. The fourth-order valence-electron chi connectivity index (χ4n) is 1.61. The quantitative estimate of drug-likeness (QED) is 0.615. The highest BCUT2D eigenvalue weighted by Crippen LogP contribution is 2.21. The molecule has 0 aliphatic carbocycles. The van der Waals surface area contributed by atoms with Crippen LogP contribution >= 0.6 is 11.6 Å². The summed E-state index contributed by atoms with van der Waals surface area (Å²) < 4.78 is 5.29. The number of hydrogen-bond acceptors (Lipinski definition) is 2. The van der Waals surface area contributed by atoms with E-state index in [2.05, 4.69) is 0 Å². The molecule has 0 N–H and O–H groups in total. The monoisotopic (exact) mass is 260 g/mol. The predicted molar refractivity (Wildman–Crippen MR) is 71.9 cm³/mol. The van der Waals surface area contributed by atoms with Gasteiger partial charge in [0, 0.05) is 5.02 Å². The van der Waals surface area contributed by atoms with Gasteiger partial charge in [0.2, 0.25) is 0 Å². The molecule has 2 aromatic carbocycles. The molecule has 0 bridgehead atoms. The van der Waals surface area contributed by atoms with E-state index in [-0.39, 0.29) is 11.9 Å². The lowest BCUT2D eigenvalue weighted by atomic mass is 10.0. The summed E-state index contributed by atoms with van der Waals surface area (Å²) in [7, 11) is 0. The Hall–Kier alpha value is -1.80. The Morgan fingerprint density at radius 3 is 2.50 bits per heavy atom. The van der Waals surface area contributed by atoms with Crippen molar-refractivity contribution in [3.05, 3.63) is 65.2 Å². The molecule has 0 aliphatic heterocycles. The molecule has 2 rings (SSSR count). The van der Waals surface area contributed by atoms with Crippen molar-refractivity contribution in [1.29, 1.82) is 0 Å². The molecule has 18 heavy (non-hydrogen) atoms. The number of hydrogen-bond donors (Lipinski definition) is 0. The second-order valence-electron chi connectivity index (χ2n) is 4.01. The molecule has 1 atom stereocenters. The van der Waals surface area contributed by atoms with Gasteiger partial charge in [-0.3, -0.25) is 4.79 Å². The minimum atomic E-state index is -0.301. The highest BCUT2D eigenvalue weighted by molar-refractivity contribution is 6.30. The van der Waals surface area contributed by atoms with Crippen molar-refractivity contribution < 1.29 is 9.53 Å². The van der Waals surface area contributed by atoms with Crippen LogP contribution in [0.3, 0.4) is 0 Å². The zero-order chi connectivity index (χ0) is 13.0. The van der Waals surface area contributed by atoms with Crippen molar-refractivity contribution in [3.8, 4) is 5.75 Å². The fourth-order valence-corrected chi connectivity index (χ4v) is 1.79. The molecule has 0 saturated carbocycles. The molecular weight excluding hydrogens is 248 g/mol. The fraction of sp³-hybridized carbons (Fsp3) is 0.133. The molecular formula is C15H13ClO2. The number of benzene rings is 2. The third-order valence-corrected chi connectivity index (χ3v) is 2.90. The molecule has 0 spiro atoms. The van der Waals surface area contributed by atoms with E-state index >= 15 is 0 Å². The van der Waals surface area contributed by atoms with E-state index in [1.807, 2.05) is 37.3 Å². The first-order valence-electron chi connectivity index (χ1n) is 5.69. The molecule has 0 radical (unpaired) electrons. The van der Waals surface area contributed by atoms with E-state index in [4.69, 9.17) is 16.3 Å². The summed E-state index contributed by atoms with van der Waals surface area (Å²) in [5, 5.41) is 0.549. The van der Waals surface area contributed by atoms with Gasteiger partial charge in [-0.15, -0.1) is 0 Å². The van der Waals surface area contributed by atoms with Gasteiger partial charge in [0.05, 0.1) is 5.92 Å². The minimum Gasteiger partial charge on any atom is -0.426 e. The van der Waals surface area contributed by atoms with Crippen LogP contribution in [0.25, 0.3) is 0 Å². The molecule has 3 heteroatoms. The third kappa shape index (κ3) is 3.11. The van der Waals surface area contributed by atoms with Gasteiger partial charge in [-0.2, -0.15) is 0 Å². The van der Waals surface area contributed by atoms with E-state index in [1.165, 1.54) is 0 Å². The van der Waals surface area contributed by atoms with Crippen LogP contribution in [0.2, 0.25) is 5.02 Å². The van der Waals surface area contributed by atoms with Gasteiger partial charge >= 0.3 is 5.97 Å². The molecule has 2 aromatic rings. The van der Waals surface area contributed by atoms with Gasteiger partial charge in [0.15, 0.2) is 0 Å². The van der Waals surface area contributed by atoms with Crippen molar-refractivity contribution in [2.75, 3.05) is 0 Å². The van der Waals surface area contributed by atoms with E-state index in [1.54, 1.807) is 24.3 Å². The first-order valence-corrected chi connectivity index (χ1v) is 6.07. The number of carbonyl (C=O) groups is 1. The van der Waals surface area contributed by atoms with Crippen LogP contribution in [0.5, 0.6) is 5.75 Å². The van der Waals surface area contributed by atoms with Crippen molar-refractivity contribution >= 4 is 17.6 Å². The summed E-state index contributed by atoms with van der Waals surface area (Å²) in [5.41, 5.74) is 0.935. The largest absolute Gasteiger partial charge is 0.426 e. The highest BCUT2D eigenvalue weighted by Gasteiger charge is 2.17. The van der Waals surface area contributed by atoms with Crippen molar-refractivity contribution in [1.82, 2.24) is 0 Å². The standard InChI is InChI=1S/C15H13ClO2/c1-11(12-6-3-2-4-7-12)15(17)18-14-9-5-8-13(16)10-14/h2-11H,1H3. The summed E-state index contributed by atoms with van der Waals surface area (Å²) >= 11 is 5.83. The Bertz CT molecular complexity index is 537. The molecule has 0 aromatic heterocycles. The third-order valence-electron chi connectivity index (χ3n) is 2.67. The van der Waals surface area contributed by atoms with E-state index in [0.29, 0.717) is 10.8 Å². The smallest absolute Gasteiger partial charge is 0.318 e. The first-order chi connectivity index (χ1) is 8.66. The normalized spacial score (nSPS) is 11.9. The van der Waals surface area contributed by atoms with Gasteiger partial charge in [-0.05, 0) is 30.7 Å². The number of rotatable bonds is 3. The Kier molecular flexibility index (Phi) is 4.00. The number of halogens is 1. The zero-order valence-electron chi connectivity index (χ0n) is 9.97. The molecule has 0 saturated heterocycles.